The number of carbonyl (C=O) groups excluding carboxylic acids is 1. The Morgan fingerprint density at radius 2 is 1.97 bits per heavy atom. The highest BCUT2D eigenvalue weighted by molar-refractivity contribution is 6.30. The van der Waals surface area contributed by atoms with Gasteiger partial charge in [-0.1, -0.05) is 41.9 Å². The van der Waals surface area contributed by atoms with Gasteiger partial charge in [0.25, 0.3) is 0 Å². The lowest BCUT2D eigenvalue weighted by molar-refractivity contribution is -0.126. The number of carbonyl (C=O) groups is 1. The van der Waals surface area contributed by atoms with Crippen LogP contribution in [0, 0.1) is 18.7 Å². The van der Waals surface area contributed by atoms with Gasteiger partial charge in [-0.25, -0.2) is 9.37 Å². The summed E-state index contributed by atoms with van der Waals surface area (Å²) in [6, 6.07) is 15.1. The number of pyridine rings is 1. The third-order valence-corrected chi connectivity index (χ3v) is 6.13. The van der Waals surface area contributed by atoms with Crippen LogP contribution in [0.1, 0.15) is 29.5 Å². The van der Waals surface area contributed by atoms with Gasteiger partial charge in [0, 0.05) is 30.0 Å². The number of benzene rings is 2. The summed E-state index contributed by atoms with van der Waals surface area (Å²) >= 11 is 6.39. The number of rotatable bonds is 5. The lowest BCUT2D eigenvalue weighted by atomic mass is 9.95. The van der Waals surface area contributed by atoms with Gasteiger partial charge >= 0.3 is 0 Å². The lowest BCUT2D eigenvalue weighted by Crippen LogP contribution is -2.40. The summed E-state index contributed by atoms with van der Waals surface area (Å²) in [5.41, 5.74) is 3.30. The fourth-order valence-corrected chi connectivity index (χ4v) is 4.13. The van der Waals surface area contributed by atoms with Crippen molar-refractivity contribution < 1.29 is 9.18 Å². The number of nitrogens with zero attached hydrogens (tertiary/aromatic N) is 2. The number of hydrogen-bond acceptors (Lipinski definition) is 3. The predicted molar refractivity (Wildman–Crippen MR) is 118 cm³/mol. The second-order valence-corrected chi connectivity index (χ2v) is 8.34. The van der Waals surface area contributed by atoms with E-state index < -0.39 is 0 Å². The zero-order chi connectivity index (χ0) is 21.1. The topological polar surface area (TPSA) is 45.2 Å². The average molecular weight is 426 g/mol. The van der Waals surface area contributed by atoms with Crippen molar-refractivity contribution in [2.75, 3.05) is 13.1 Å². The van der Waals surface area contributed by atoms with Crippen LogP contribution in [-0.4, -0.2) is 28.9 Å². The minimum atomic E-state index is -0.239. The molecule has 0 bridgehead atoms. The first-order valence-corrected chi connectivity index (χ1v) is 10.7. The first kappa shape index (κ1) is 20.8. The minimum absolute atomic E-state index is 0.0123. The van der Waals surface area contributed by atoms with E-state index in [-0.39, 0.29) is 17.6 Å². The first-order valence-electron chi connectivity index (χ1n) is 10.3. The molecule has 4 nitrogen and oxygen atoms in total. The van der Waals surface area contributed by atoms with Crippen LogP contribution in [0.25, 0.3) is 10.9 Å². The van der Waals surface area contributed by atoms with Crippen molar-refractivity contribution in [3.8, 4) is 0 Å². The molecule has 3 aromatic rings. The van der Waals surface area contributed by atoms with Gasteiger partial charge in [0.1, 0.15) is 11.0 Å². The van der Waals surface area contributed by atoms with E-state index in [1.807, 2.05) is 30.3 Å². The standard InChI is InChI=1S/C24H25ClFN3O/c1-16-6-7-17(12-21(16)26)14-27-24(30)18-8-10-29(11-9-18)15-20-13-19-4-2-3-5-22(19)28-23(20)25/h2-7,12-13,18H,8-11,14-15H2,1H3,(H,27,30). The normalized spacial score (nSPS) is 15.4. The minimum Gasteiger partial charge on any atom is -0.352 e. The quantitative estimate of drug-likeness (QED) is 0.593. The molecule has 0 radical (unpaired) electrons. The Balaban J connectivity index is 1.30. The lowest BCUT2D eigenvalue weighted by Gasteiger charge is -2.31. The van der Waals surface area contributed by atoms with Crippen LogP contribution in [0.3, 0.4) is 0 Å². The number of fused-ring (bicyclic) bond motifs is 1. The number of piperidine rings is 1. The molecule has 1 aromatic heterocycles. The molecule has 1 saturated heterocycles. The molecule has 1 amide bonds. The van der Waals surface area contributed by atoms with Crippen molar-refractivity contribution in [3.63, 3.8) is 0 Å². The summed E-state index contributed by atoms with van der Waals surface area (Å²) in [6.07, 6.45) is 1.60. The summed E-state index contributed by atoms with van der Waals surface area (Å²) in [5.74, 6) is -0.209. The molecule has 0 spiro atoms. The number of nitrogens with one attached hydrogen (secondary N) is 1. The van der Waals surface area contributed by atoms with E-state index in [2.05, 4.69) is 21.3 Å². The molecule has 0 saturated carbocycles. The molecule has 156 valence electrons. The van der Waals surface area contributed by atoms with Crippen LogP contribution < -0.4 is 5.32 Å². The fourth-order valence-electron chi connectivity index (χ4n) is 3.92. The monoisotopic (exact) mass is 425 g/mol. The van der Waals surface area contributed by atoms with E-state index in [1.165, 1.54) is 6.07 Å². The Kier molecular flexibility index (Phi) is 6.30. The zero-order valence-corrected chi connectivity index (χ0v) is 17.8. The molecule has 1 aliphatic rings. The van der Waals surface area contributed by atoms with Crippen molar-refractivity contribution in [2.45, 2.75) is 32.9 Å². The summed E-state index contributed by atoms with van der Waals surface area (Å²) in [5, 5.41) is 4.58. The molecular weight excluding hydrogens is 401 g/mol. The molecular formula is C24H25ClFN3O. The summed E-state index contributed by atoms with van der Waals surface area (Å²) in [4.78, 5) is 19.3. The Hall–Kier alpha value is -2.50. The number of aryl methyl sites for hydroxylation is 1. The molecule has 0 atom stereocenters. The van der Waals surface area contributed by atoms with Gasteiger partial charge in [0.15, 0.2) is 0 Å². The SMILES string of the molecule is Cc1ccc(CNC(=O)C2CCN(Cc3cc4ccccc4nc3Cl)CC2)cc1F. The zero-order valence-electron chi connectivity index (χ0n) is 17.0. The molecule has 1 N–H and O–H groups in total. The van der Waals surface area contributed by atoms with E-state index in [1.54, 1.807) is 13.0 Å². The van der Waals surface area contributed by atoms with E-state index >= 15 is 0 Å². The van der Waals surface area contributed by atoms with Crippen molar-refractivity contribution in [1.82, 2.24) is 15.2 Å². The second-order valence-electron chi connectivity index (χ2n) is 7.98. The molecule has 0 unspecified atom stereocenters. The van der Waals surface area contributed by atoms with Gasteiger partial charge in [0.2, 0.25) is 5.91 Å². The molecule has 2 heterocycles. The van der Waals surface area contributed by atoms with Gasteiger partial charge < -0.3 is 5.32 Å². The summed E-state index contributed by atoms with van der Waals surface area (Å²) in [6.45, 7) is 4.48. The van der Waals surface area contributed by atoms with Gasteiger partial charge in [-0.15, -0.1) is 0 Å². The van der Waals surface area contributed by atoms with Crippen LogP contribution in [0.4, 0.5) is 4.39 Å². The maximum absolute atomic E-state index is 13.7. The maximum Gasteiger partial charge on any atom is 0.223 e. The van der Waals surface area contributed by atoms with Crippen molar-refractivity contribution in [1.29, 1.82) is 0 Å². The molecule has 4 rings (SSSR count). The third kappa shape index (κ3) is 4.79. The van der Waals surface area contributed by atoms with Crippen molar-refractivity contribution >= 4 is 28.4 Å². The molecule has 2 aromatic carbocycles. The smallest absolute Gasteiger partial charge is 0.223 e. The Morgan fingerprint density at radius 1 is 1.20 bits per heavy atom. The molecule has 1 fully saturated rings. The highest BCUT2D eigenvalue weighted by Crippen LogP contribution is 2.24. The van der Waals surface area contributed by atoms with E-state index in [4.69, 9.17) is 11.6 Å². The Labute approximate surface area is 181 Å². The number of likely N-dealkylation sites (tertiary alicyclic amines) is 1. The largest absolute Gasteiger partial charge is 0.352 e. The summed E-state index contributed by atoms with van der Waals surface area (Å²) < 4.78 is 13.7. The first-order chi connectivity index (χ1) is 14.5. The molecule has 1 aliphatic heterocycles. The number of aromatic nitrogens is 1. The van der Waals surface area contributed by atoms with Gasteiger partial charge in [0.05, 0.1) is 5.52 Å². The van der Waals surface area contributed by atoms with Gasteiger partial charge in [-0.2, -0.15) is 0 Å². The highest BCUT2D eigenvalue weighted by Gasteiger charge is 2.25. The number of hydrogen-bond donors (Lipinski definition) is 1. The molecule has 0 aliphatic carbocycles. The van der Waals surface area contributed by atoms with Crippen molar-refractivity contribution in [3.05, 3.63) is 76.2 Å². The van der Waals surface area contributed by atoms with Crippen LogP contribution in [0.5, 0.6) is 0 Å². The van der Waals surface area contributed by atoms with E-state index in [9.17, 15) is 9.18 Å². The highest BCUT2D eigenvalue weighted by atomic mass is 35.5. The Morgan fingerprint density at radius 3 is 2.73 bits per heavy atom. The molecule has 30 heavy (non-hydrogen) atoms. The number of para-hydroxylation sites is 1. The van der Waals surface area contributed by atoms with Gasteiger partial charge in [-0.3, -0.25) is 9.69 Å². The fraction of sp³-hybridized carbons (Fsp3) is 0.333. The predicted octanol–water partition coefficient (Wildman–Crippen LogP) is 4.86. The van der Waals surface area contributed by atoms with Crippen LogP contribution in [0.15, 0.2) is 48.5 Å². The number of halogens is 2. The van der Waals surface area contributed by atoms with E-state index in [0.717, 1.165) is 54.5 Å². The van der Waals surface area contributed by atoms with Gasteiger partial charge in [-0.05, 0) is 62.2 Å². The maximum atomic E-state index is 13.7. The van der Waals surface area contributed by atoms with Crippen LogP contribution in [0.2, 0.25) is 5.15 Å². The molecule has 6 heteroatoms. The summed E-state index contributed by atoms with van der Waals surface area (Å²) in [7, 11) is 0. The van der Waals surface area contributed by atoms with Crippen molar-refractivity contribution in [2.24, 2.45) is 5.92 Å². The second kappa shape index (κ2) is 9.11. The average Bonchev–Trinajstić information content (AvgIpc) is 2.75. The Bertz CT molecular complexity index is 1060. The number of amides is 1. The van der Waals surface area contributed by atoms with E-state index in [0.29, 0.717) is 17.3 Å². The van der Waals surface area contributed by atoms with Crippen LogP contribution >= 0.6 is 11.6 Å². The third-order valence-electron chi connectivity index (χ3n) is 5.81. The van der Waals surface area contributed by atoms with Crippen LogP contribution in [-0.2, 0) is 17.9 Å².